The molecular formula is C17H29FN2O. The Balaban J connectivity index is 2.75. The highest BCUT2D eigenvalue weighted by atomic mass is 19.1. The van der Waals surface area contributed by atoms with Gasteiger partial charge in [0.15, 0.2) is 0 Å². The maximum atomic E-state index is 14.1. The Morgan fingerprint density at radius 1 is 1.29 bits per heavy atom. The van der Waals surface area contributed by atoms with Crippen molar-refractivity contribution in [3.8, 4) is 5.75 Å². The Bertz CT molecular complexity index is 412. The second-order valence-electron chi connectivity index (χ2n) is 5.27. The molecule has 0 fully saturated rings. The van der Waals surface area contributed by atoms with E-state index in [1.165, 1.54) is 18.9 Å². The number of halogens is 1. The standard InChI is InChI=1S/C17H29FN2O/c1-5-7-12-20(6-2)13-11-15(19-3)17-14(18)9-8-10-16(17)21-4/h8-10,15,19H,5-7,11-13H2,1-4H3. The molecule has 1 atom stereocenters. The first kappa shape index (κ1) is 17.9. The lowest BCUT2D eigenvalue weighted by molar-refractivity contribution is 0.264. The van der Waals surface area contributed by atoms with Crippen LogP contribution in [-0.4, -0.2) is 38.7 Å². The van der Waals surface area contributed by atoms with Crippen LogP contribution in [0.5, 0.6) is 5.75 Å². The van der Waals surface area contributed by atoms with E-state index in [2.05, 4.69) is 24.1 Å². The van der Waals surface area contributed by atoms with Gasteiger partial charge in [-0.3, -0.25) is 0 Å². The first-order valence-electron chi connectivity index (χ1n) is 7.89. The predicted molar refractivity (Wildman–Crippen MR) is 86.4 cm³/mol. The number of hydrogen-bond acceptors (Lipinski definition) is 3. The van der Waals surface area contributed by atoms with Crippen LogP contribution in [0.1, 0.15) is 44.7 Å². The van der Waals surface area contributed by atoms with Crippen LogP contribution in [0.25, 0.3) is 0 Å². The van der Waals surface area contributed by atoms with Gasteiger partial charge in [-0.15, -0.1) is 0 Å². The average Bonchev–Trinajstić information content (AvgIpc) is 2.51. The number of hydrogen-bond donors (Lipinski definition) is 1. The molecule has 1 N–H and O–H groups in total. The third-order valence-electron chi connectivity index (χ3n) is 3.94. The van der Waals surface area contributed by atoms with Crippen molar-refractivity contribution in [1.29, 1.82) is 0 Å². The number of unbranched alkanes of at least 4 members (excludes halogenated alkanes) is 1. The molecule has 0 aliphatic heterocycles. The third kappa shape index (κ3) is 5.29. The van der Waals surface area contributed by atoms with Gasteiger partial charge in [0.1, 0.15) is 11.6 Å². The van der Waals surface area contributed by atoms with Crippen molar-refractivity contribution in [3.63, 3.8) is 0 Å². The number of methoxy groups -OCH3 is 1. The van der Waals surface area contributed by atoms with Crippen LogP contribution < -0.4 is 10.1 Å². The number of rotatable bonds is 10. The molecule has 0 saturated carbocycles. The Kier molecular flexibility index (Phi) is 8.31. The zero-order valence-electron chi connectivity index (χ0n) is 13.8. The molecule has 0 aliphatic rings. The van der Waals surface area contributed by atoms with E-state index >= 15 is 0 Å². The summed E-state index contributed by atoms with van der Waals surface area (Å²) in [4.78, 5) is 2.42. The van der Waals surface area contributed by atoms with Gasteiger partial charge in [-0.05, 0) is 51.7 Å². The smallest absolute Gasteiger partial charge is 0.131 e. The Morgan fingerprint density at radius 3 is 2.62 bits per heavy atom. The molecule has 0 heterocycles. The molecule has 0 aliphatic carbocycles. The maximum Gasteiger partial charge on any atom is 0.131 e. The first-order chi connectivity index (χ1) is 10.2. The summed E-state index contributed by atoms with van der Waals surface area (Å²) in [5, 5.41) is 3.22. The van der Waals surface area contributed by atoms with E-state index in [9.17, 15) is 4.39 Å². The summed E-state index contributed by atoms with van der Waals surface area (Å²) in [6.07, 6.45) is 3.28. The number of benzene rings is 1. The van der Waals surface area contributed by atoms with Crippen LogP contribution in [0.15, 0.2) is 18.2 Å². The van der Waals surface area contributed by atoms with Crippen LogP contribution in [0.3, 0.4) is 0 Å². The zero-order chi connectivity index (χ0) is 15.7. The highest BCUT2D eigenvalue weighted by Gasteiger charge is 2.19. The van der Waals surface area contributed by atoms with Crippen molar-refractivity contribution in [3.05, 3.63) is 29.6 Å². The Hall–Kier alpha value is -1.13. The largest absolute Gasteiger partial charge is 0.496 e. The van der Waals surface area contributed by atoms with Crippen LogP contribution in [0.2, 0.25) is 0 Å². The van der Waals surface area contributed by atoms with E-state index in [0.29, 0.717) is 11.3 Å². The van der Waals surface area contributed by atoms with E-state index in [0.717, 1.165) is 26.1 Å². The van der Waals surface area contributed by atoms with Gasteiger partial charge in [0.05, 0.1) is 7.11 Å². The predicted octanol–water partition coefficient (Wildman–Crippen LogP) is 3.61. The Morgan fingerprint density at radius 2 is 2.05 bits per heavy atom. The van der Waals surface area contributed by atoms with E-state index in [-0.39, 0.29) is 11.9 Å². The Labute approximate surface area is 128 Å². The summed E-state index contributed by atoms with van der Waals surface area (Å²) in [7, 11) is 3.46. The lowest BCUT2D eigenvalue weighted by Gasteiger charge is -2.25. The topological polar surface area (TPSA) is 24.5 Å². The molecule has 0 aromatic heterocycles. The lowest BCUT2D eigenvalue weighted by atomic mass is 10.0. The molecule has 0 bridgehead atoms. The van der Waals surface area contributed by atoms with Gasteiger partial charge in [-0.2, -0.15) is 0 Å². The molecule has 1 aromatic carbocycles. The normalized spacial score (nSPS) is 12.7. The number of ether oxygens (including phenoxy) is 1. The van der Waals surface area contributed by atoms with Crippen molar-refractivity contribution in [2.75, 3.05) is 33.8 Å². The van der Waals surface area contributed by atoms with Crippen molar-refractivity contribution in [2.24, 2.45) is 0 Å². The third-order valence-corrected chi connectivity index (χ3v) is 3.94. The van der Waals surface area contributed by atoms with E-state index < -0.39 is 0 Å². The van der Waals surface area contributed by atoms with E-state index in [1.54, 1.807) is 13.2 Å². The van der Waals surface area contributed by atoms with Crippen molar-refractivity contribution >= 4 is 0 Å². The fourth-order valence-electron chi connectivity index (χ4n) is 2.59. The molecule has 120 valence electrons. The molecule has 3 nitrogen and oxygen atoms in total. The summed E-state index contributed by atoms with van der Waals surface area (Å²) in [5.41, 5.74) is 0.633. The fraction of sp³-hybridized carbons (Fsp3) is 0.647. The number of nitrogens with zero attached hydrogens (tertiary/aromatic N) is 1. The minimum atomic E-state index is -0.203. The number of nitrogens with one attached hydrogen (secondary N) is 1. The molecule has 0 amide bonds. The minimum Gasteiger partial charge on any atom is -0.496 e. The molecule has 1 rings (SSSR count). The van der Waals surface area contributed by atoms with Gasteiger partial charge in [-0.25, -0.2) is 4.39 Å². The second kappa shape index (κ2) is 9.74. The molecule has 1 unspecified atom stereocenters. The van der Waals surface area contributed by atoms with Crippen molar-refractivity contribution in [1.82, 2.24) is 10.2 Å². The maximum absolute atomic E-state index is 14.1. The van der Waals surface area contributed by atoms with Gasteiger partial charge >= 0.3 is 0 Å². The average molecular weight is 296 g/mol. The summed E-state index contributed by atoms with van der Waals surface area (Å²) in [6, 6.07) is 4.97. The summed E-state index contributed by atoms with van der Waals surface area (Å²) in [5.74, 6) is 0.413. The van der Waals surface area contributed by atoms with Crippen molar-refractivity contribution < 1.29 is 9.13 Å². The summed E-state index contributed by atoms with van der Waals surface area (Å²) >= 11 is 0. The summed E-state index contributed by atoms with van der Waals surface area (Å²) in [6.45, 7) is 7.48. The molecule has 0 spiro atoms. The van der Waals surface area contributed by atoms with Gasteiger partial charge in [0, 0.05) is 11.6 Å². The monoisotopic (exact) mass is 296 g/mol. The van der Waals surface area contributed by atoms with Crippen LogP contribution >= 0.6 is 0 Å². The zero-order valence-corrected chi connectivity index (χ0v) is 13.8. The van der Waals surface area contributed by atoms with E-state index in [1.807, 2.05) is 13.1 Å². The van der Waals surface area contributed by atoms with E-state index in [4.69, 9.17) is 4.74 Å². The van der Waals surface area contributed by atoms with Gasteiger partial charge in [0.2, 0.25) is 0 Å². The highest BCUT2D eigenvalue weighted by Crippen LogP contribution is 2.29. The molecular weight excluding hydrogens is 267 g/mol. The fourth-order valence-corrected chi connectivity index (χ4v) is 2.59. The van der Waals surface area contributed by atoms with Crippen LogP contribution in [-0.2, 0) is 0 Å². The highest BCUT2D eigenvalue weighted by molar-refractivity contribution is 5.37. The minimum absolute atomic E-state index is 0.0307. The van der Waals surface area contributed by atoms with Crippen molar-refractivity contribution in [2.45, 2.75) is 39.2 Å². The lowest BCUT2D eigenvalue weighted by Crippen LogP contribution is -2.29. The van der Waals surface area contributed by atoms with Crippen LogP contribution in [0, 0.1) is 5.82 Å². The summed E-state index contributed by atoms with van der Waals surface area (Å²) < 4.78 is 19.5. The van der Waals surface area contributed by atoms with Crippen LogP contribution in [0.4, 0.5) is 4.39 Å². The van der Waals surface area contributed by atoms with Gasteiger partial charge in [-0.1, -0.05) is 26.3 Å². The first-order valence-corrected chi connectivity index (χ1v) is 7.89. The molecule has 0 radical (unpaired) electrons. The molecule has 21 heavy (non-hydrogen) atoms. The quantitative estimate of drug-likeness (QED) is 0.714. The molecule has 4 heteroatoms. The molecule has 0 saturated heterocycles. The van der Waals surface area contributed by atoms with Gasteiger partial charge in [0.25, 0.3) is 0 Å². The SMILES string of the molecule is CCCCN(CC)CCC(NC)c1c(F)cccc1OC. The second-order valence-corrected chi connectivity index (χ2v) is 5.27. The molecule has 1 aromatic rings. The van der Waals surface area contributed by atoms with Gasteiger partial charge < -0.3 is 15.0 Å².